The van der Waals surface area contributed by atoms with Crippen molar-refractivity contribution >= 4 is 5.91 Å². The fraction of sp³-hybridized carbons (Fsp3) is 0.316. The number of hydrogen-bond acceptors (Lipinski definition) is 3. The van der Waals surface area contributed by atoms with E-state index in [2.05, 4.69) is 0 Å². The molecule has 3 rings (SSSR count). The Balaban J connectivity index is 2.24. The maximum atomic E-state index is 13.3. The number of hydrogen-bond donors (Lipinski definition) is 1. The normalized spacial score (nSPS) is 20.4. The fourth-order valence-electron chi connectivity index (χ4n) is 3.55. The molecular formula is C19H21NO3. The highest BCUT2D eigenvalue weighted by Gasteiger charge is 2.48. The van der Waals surface area contributed by atoms with Crippen LogP contribution < -0.4 is 0 Å². The van der Waals surface area contributed by atoms with Crippen molar-refractivity contribution in [3.63, 3.8) is 0 Å². The number of carbonyl (C=O) groups is 1. The molecule has 1 unspecified atom stereocenters. The van der Waals surface area contributed by atoms with E-state index in [9.17, 15) is 9.90 Å². The molecule has 0 aromatic heterocycles. The van der Waals surface area contributed by atoms with E-state index < -0.39 is 5.41 Å². The van der Waals surface area contributed by atoms with E-state index in [4.69, 9.17) is 4.74 Å². The molecule has 4 heteroatoms. The molecule has 0 saturated carbocycles. The quantitative estimate of drug-likeness (QED) is 0.922. The lowest BCUT2D eigenvalue weighted by molar-refractivity contribution is -0.143. The van der Waals surface area contributed by atoms with Crippen LogP contribution in [0.15, 0.2) is 54.6 Å². The van der Waals surface area contributed by atoms with Crippen molar-refractivity contribution in [1.82, 2.24) is 4.90 Å². The Morgan fingerprint density at radius 1 is 1.13 bits per heavy atom. The monoisotopic (exact) mass is 311 g/mol. The van der Waals surface area contributed by atoms with Gasteiger partial charge in [-0.3, -0.25) is 4.79 Å². The Hall–Kier alpha value is -2.17. The summed E-state index contributed by atoms with van der Waals surface area (Å²) in [6.45, 7) is 0.714. The summed E-state index contributed by atoms with van der Waals surface area (Å²) < 4.78 is 5.22. The van der Waals surface area contributed by atoms with E-state index in [1.54, 1.807) is 12.0 Å². The average Bonchev–Trinajstić information content (AvgIpc) is 2.59. The number of ether oxygens (including phenoxy) is 1. The smallest absolute Gasteiger partial charge is 0.239 e. The number of aliphatic hydroxyl groups excluding tert-OH is 1. The van der Waals surface area contributed by atoms with E-state index >= 15 is 0 Å². The summed E-state index contributed by atoms with van der Waals surface area (Å²) in [5, 5.41) is 9.70. The molecule has 4 nitrogen and oxygen atoms in total. The van der Waals surface area contributed by atoms with Crippen LogP contribution in [0.25, 0.3) is 0 Å². The summed E-state index contributed by atoms with van der Waals surface area (Å²) >= 11 is 0. The number of carbonyl (C=O) groups excluding carboxylic acids is 1. The van der Waals surface area contributed by atoms with E-state index in [-0.39, 0.29) is 19.2 Å². The molecule has 1 heterocycles. The Kier molecular flexibility index (Phi) is 4.46. The highest BCUT2D eigenvalue weighted by Crippen LogP contribution is 2.42. The van der Waals surface area contributed by atoms with Crippen LogP contribution in [0.5, 0.6) is 0 Å². The van der Waals surface area contributed by atoms with Crippen LogP contribution in [-0.2, 0) is 21.5 Å². The van der Waals surface area contributed by atoms with Gasteiger partial charge in [-0.15, -0.1) is 0 Å². The molecule has 2 aromatic carbocycles. The van der Waals surface area contributed by atoms with Crippen molar-refractivity contribution in [1.29, 1.82) is 0 Å². The molecule has 2 aromatic rings. The summed E-state index contributed by atoms with van der Waals surface area (Å²) in [6, 6.07) is 17.7. The van der Waals surface area contributed by atoms with Crippen LogP contribution in [0.3, 0.4) is 0 Å². The summed E-state index contributed by atoms with van der Waals surface area (Å²) in [4.78, 5) is 15.0. The van der Waals surface area contributed by atoms with Crippen molar-refractivity contribution in [2.24, 2.45) is 0 Å². The molecule has 120 valence electrons. The van der Waals surface area contributed by atoms with Gasteiger partial charge in [-0.25, -0.2) is 0 Å². The van der Waals surface area contributed by atoms with Crippen molar-refractivity contribution < 1.29 is 14.6 Å². The number of amides is 1. The lowest BCUT2D eigenvalue weighted by atomic mass is 9.67. The third kappa shape index (κ3) is 2.54. The van der Waals surface area contributed by atoms with E-state index in [0.29, 0.717) is 13.0 Å². The topological polar surface area (TPSA) is 49.8 Å². The van der Waals surface area contributed by atoms with Gasteiger partial charge in [-0.05, 0) is 23.1 Å². The maximum Gasteiger partial charge on any atom is 0.239 e. The predicted octanol–water partition coefficient (Wildman–Crippen LogP) is 2.30. The van der Waals surface area contributed by atoms with E-state index in [1.807, 2.05) is 54.6 Å². The minimum absolute atomic E-state index is 0.0155. The van der Waals surface area contributed by atoms with Crippen LogP contribution in [0.4, 0.5) is 0 Å². The first-order valence-corrected chi connectivity index (χ1v) is 7.77. The number of fused-ring (bicyclic) bond motifs is 1. The molecule has 1 amide bonds. The van der Waals surface area contributed by atoms with Gasteiger partial charge in [-0.2, -0.15) is 0 Å². The Morgan fingerprint density at radius 3 is 2.52 bits per heavy atom. The van der Waals surface area contributed by atoms with E-state index in [1.165, 1.54) is 0 Å². The van der Waals surface area contributed by atoms with Crippen molar-refractivity contribution in [2.45, 2.75) is 18.4 Å². The zero-order chi connectivity index (χ0) is 16.3. The third-order valence-electron chi connectivity index (χ3n) is 4.53. The summed E-state index contributed by atoms with van der Waals surface area (Å²) in [7, 11) is 1.59. The summed E-state index contributed by atoms with van der Waals surface area (Å²) in [6.07, 6.45) is 0.354. The highest BCUT2D eigenvalue weighted by atomic mass is 16.5. The molecule has 0 spiro atoms. The minimum atomic E-state index is -0.858. The largest absolute Gasteiger partial charge is 0.396 e. The first-order valence-electron chi connectivity index (χ1n) is 7.77. The second kappa shape index (κ2) is 6.52. The third-order valence-corrected chi connectivity index (χ3v) is 4.53. The molecule has 1 aliphatic rings. The minimum Gasteiger partial charge on any atom is -0.396 e. The van der Waals surface area contributed by atoms with Gasteiger partial charge in [0.1, 0.15) is 12.1 Å². The standard InChI is InChI=1S/C19H21NO3/c1-23-14-20-13-15-7-5-6-10-17(15)19(11-12-21,18(20)22)16-8-3-2-4-9-16/h2-10,21H,11-14H2,1H3. The number of nitrogens with zero attached hydrogens (tertiary/aromatic N) is 1. The maximum absolute atomic E-state index is 13.3. The molecule has 23 heavy (non-hydrogen) atoms. The van der Waals surface area contributed by atoms with Crippen LogP contribution >= 0.6 is 0 Å². The van der Waals surface area contributed by atoms with Gasteiger partial charge in [0.25, 0.3) is 0 Å². The van der Waals surface area contributed by atoms with E-state index in [0.717, 1.165) is 16.7 Å². The molecule has 0 aliphatic carbocycles. The number of rotatable bonds is 5. The molecule has 0 fully saturated rings. The zero-order valence-electron chi connectivity index (χ0n) is 13.2. The molecule has 0 radical (unpaired) electrons. The van der Waals surface area contributed by atoms with Crippen molar-refractivity contribution in [3.8, 4) is 0 Å². The molecule has 1 aliphatic heterocycles. The fourth-order valence-corrected chi connectivity index (χ4v) is 3.55. The Morgan fingerprint density at radius 2 is 1.83 bits per heavy atom. The van der Waals surface area contributed by atoms with Crippen LogP contribution in [0.1, 0.15) is 23.1 Å². The molecular weight excluding hydrogens is 290 g/mol. The number of benzene rings is 2. The predicted molar refractivity (Wildman–Crippen MR) is 87.8 cm³/mol. The van der Waals surface area contributed by atoms with Crippen molar-refractivity contribution in [2.75, 3.05) is 20.4 Å². The van der Waals surface area contributed by atoms with Gasteiger partial charge in [-0.1, -0.05) is 54.6 Å². The lowest BCUT2D eigenvalue weighted by Crippen LogP contribution is -2.52. The summed E-state index contributed by atoms with van der Waals surface area (Å²) in [5.41, 5.74) is 2.13. The van der Waals surface area contributed by atoms with Crippen LogP contribution in [0, 0.1) is 0 Å². The Labute approximate surface area is 136 Å². The molecule has 1 atom stereocenters. The molecule has 1 N–H and O–H groups in total. The van der Waals surface area contributed by atoms with Gasteiger partial charge in [0.2, 0.25) is 5.91 Å². The van der Waals surface area contributed by atoms with Gasteiger partial charge in [0.05, 0.1) is 0 Å². The second-order valence-corrected chi connectivity index (χ2v) is 5.82. The first kappa shape index (κ1) is 15.7. The van der Waals surface area contributed by atoms with Gasteiger partial charge in [0, 0.05) is 20.3 Å². The Bertz CT molecular complexity index is 686. The molecule has 0 saturated heterocycles. The van der Waals surface area contributed by atoms with Gasteiger partial charge < -0.3 is 14.7 Å². The van der Waals surface area contributed by atoms with Gasteiger partial charge >= 0.3 is 0 Å². The average molecular weight is 311 g/mol. The number of methoxy groups -OCH3 is 1. The zero-order valence-corrected chi connectivity index (χ0v) is 13.2. The number of aliphatic hydroxyl groups is 1. The molecule has 0 bridgehead atoms. The first-order chi connectivity index (χ1) is 11.2. The lowest BCUT2D eigenvalue weighted by Gasteiger charge is -2.43. The SMILES string of the molecule is COCN1Cc2ccccc2C(CCO)(c2ccccc2)C1=O. The highest BCUT2D eigenvalue weighted by molar-refractivity contribution is 5.94. The second-order valence-electron chi connectivity index (χ2n) is 5.82. The van der Waals surface area contributed by atoms with Gasteiger partial charge in [0.15, 0.2) is 0 Å². The van der Waals surface area contributed by atoms with Crippen LogP contribution in [0.2, 0.25) is 0 Å². The van der Waals surface area contributed by atoms with Crippen molar-refractivity contribution in [3.05, 3.63) is 71.3 Å². The summed E-state index contributed by atoms with van der Waals surface area (Å²) in [5.74, 6) is -0.0155. The van der Waals surface area contributed by atoms with Crippen LogP contribution in [-0.4, -0.2) is 36.4 Å².